The number of likely N-dealkylation sites (tertiary alicyclic amines) is 1. The molecule has 1 aliphatic heterocycles. The minimum atomic E-state index is -0.624. The van der Waals surface area contributed by atoms with Gasteiger partial charge in [0, 0.05) is 31.6 Å². The lowest BCUT2D eigenvalue weighted by atomic mass is 9.96. The maximum absolute atomic E-state index is 10.9. The zero-order valence-corrected chi connectivity index (χ0v) is 11.9. The predicted molar refractivity (Wildman–Crippen MR) is 72.8 cm³/mol. The topological polar surface area (TPSA) is 54.2 Å². The molecule has 3 rings (SSSR count). The van der Waals surface area contributed by atoms with Gasteiger partial charge in [0.15, 0.2) is 0 Å². The molecule has 0 aromatic carbocycles. The summed E-state index contributed by atoms with van der Waals surface area (Å²) in [6.07, 6.45) is 6.71. The molecule has 1 saturated heterocycles. The second-order valence-electron chi connectivity index (χ2n) is 6.26. The molecule has 1 aromatic rings. The highest BCUT2D eigenvalue weighted by atomic mass is 16.3. The number of aromatic nitrogens is 3. The Morgan fingerprint density at radius 1 is 1.47 bits per heavy atom. The fourth-order valence-electron chi connectivity index (χ4n) is 3.37. The Kier molecular flexibility index (Phi) is 3.35. The average Bonchev–Trinajstić information content (AvgIpc) is 3.04. The lowest BCUT2D eigenvalue weighted by molar-refractivity contribution is 0.0456. The molecule has 0 radical (unpaired) electrons. The van der Waals surface area contributed by atoms with E-state index in [4.69, 9.17) is 0 Å². The second-order valence-corrected chi connectivity index (χ2v) is 6.26. The summed E-state index contributed by atoms with van der Waals surface area (Å²) in [7, 11) is 0. The first-order valence-corrected chi connectivity index (χ1v) is 7.46. The van der Waals surface area contributed by atoms with Gasteiger partial charge in [-0.2, -0.15) is 5.10 Å². The van der Waals surface area contributed by atoms with Crippen molar-refractivity contribution in [3.8, 4) is 0 Å². The van der Waals surface area contributed by atoms with E-state index in [9.17, 15) is 5.11 Å². The van der Waals surface area contributed by atoms with E-state index in [1.807, 2.05) is 4.68 Å². The second kappa shape index (κ2) is 4.87. The van der Waals surface area contributed by atoms with Crippen molar-refractivity contribution in [3.63, 3.8) is 0 Å². The van der Waals surface area contributed by atoms with Gasteiger partial charge in [0.1, 0.15) is 12.2 Å². The summed E-state index contributed by atoms with van der Waals surface area (Å²) in [5, 5.41) is 15.1. The van der Waals surface area contributed by atoms with E-state index >= 15 is 0 Å². The van der Waals surface area contributed by atoms with Crippen molar-refractivity contribution in [1.82, 2.24) is 19.7 Å². The number of hydrogen-bond donors (Lipinski definition) is 1. The number of hydrogen-bond acceptors (Lipinski definition) is 4. The van der Waals surface area contributed by atoms with E-state index in [0.717, 1.165) is 37.8 Å². The summed E-state index contributed by atoms with van der Waals surface area (Å²) in [4.78, 5) is 6.80. The van der Waals surface area contributed by atoms with Crippen LogP contribution < -0.4 is 0 Å². The summed E-state index contributed by atoms with van der Waals surface area (Å²) < 4.78 is 1.93. The fraction of sp³-hybridized carbons (Fsp3) is 0.857. The van der Waals surface area contributed by atoms with Crippen molar-refractivity contribution in [3.05, 3.63) is 12.2 Å². The maximum Gasteiger partial charge on any atom is 0.138 e. The van der Waals surface area contributed by atoms with E-state index in [2.05, 4.69) is 28.8 Å². The molecule has 1 N–H and O–H groups in total. The number of β-amino-alcohol motifs (C(OH)–C–C–N with tert-alkyl or cyclic N) is 1. The molecule has 1 aromatic heterocycles. The molecular weight excluding hydrogens is 240 g/mol. The Morgan fingerprint density at radius 2 is 2.26 bits per heavy atom. The monoisotopic (exact) mass is 264 g/mol. The molecule has 0 amide bonds. The van der Waals surface area contributed by atoms with Gasteiger partial charge in [0.05, 0.1) is 5.60 Å². The third-order valence-electron chi connectivity index (χ3n) is 4.35. The highest BCUT2D eigenvalue weighted by Gasteiger charge is 2.46. The summed E-state index contributed by atoms with van der Waals surface area (Å²) in [5.41, 5.74) is -0.624. The van der Waals surface area contributed by atoms with Crippen LogP contribution in [-0.4, -0.2) is 49.0 Å². The van der Waals surface area contributed by atoms with Crippen molar-refractivity contribution in [2.24, 2.45) is 0 Å². The van der Waals surface area contributed by atoms with E-state index in [1.165, 1.54) is 12.8 Å². The van der Waals surface area contributed by atoms with Crippen molar-refractivity contribution < 1.29 is 5.11 Å². The zero-order chi connectivity index (χ0) is 13.5. The van der Waals surface area contributed by atoms with Gasteiger partial charge >= 0.3 is 0 Å². The third kappa shape index (κ3) is 2.67. The lowest BCUT2D eigenvalue weighted by Gasteiger charge is -2.23. The van der Waals surface area contributed by atoms with Crippen LogP contribution in [0.3, 0.4) is 0 Å². The molecule has 19 heavy (non-hydrogen) atoms. The van der Waals surface area contributed by atoms with Gasteiger partial charge < -0.3 is 5.11 Å². The van der Waals surface area contributed by atoms with E-state index in [1.54, 1.807) is 6.33 Å². The highest BCUT2D eigenvalue weighted by molar-refractivity contribution is 5.05. The van der Waals surface area contributed by atoms with Crippen molar-refractivity contribution >= 4 is 0 Å². The van der Waals surface area contributed by atoms with Gasteiger partial charge in [-0.1, -0.05) is 6.92 Å². The van der Waals surface area contributed by atoms with Crippen molar-refractivity contribution in [2.75, 3.05) is 6.54 Å². The zero-order valence-electron chi connectivity index (χ0n) is 11.9. The van der Waals surface area contributed by atoms with Crippen molar-refractivity contribution in [1.29, 1.82) is 0 Å². The SMILES string of the molecule is CCCn1ncnc1CC1(O)CC(C)N(C2CC2)C1. The van der Waals surface area contributed by atoms with Crippen LogP contribution in [0, 0.1) is 0 Å². The summed E-state index contributed by atoms with van der Waals surface area (Å²) in [5.74, 6) is 0.925. The van der Waals surface area contributed by atoms with E-state index < -0.39 is 5.60 Å². The Bertz CT molecular complexity index is 442. The standard InChI is InChI=1S/C14H24N4O/c1-3-6-18-13(15-10-16-18)8-14(19)7-11(2)17(9-14)12-4-5-12/h10-12,19H,3-9H2,1-2H3. The first-order valence-electron chi connectivity index (χ1n) is 7.46. The molecule has 0 bridgehead atoms. The van der Waals surface area contributed by atoms with E-state index in [0.29, 0.717) is 12.5 Å². The molecular formula is C14H24N4O. The van der Waals surface area contributed by atoms with Crippen molar-refractivity contribution in [2.45, 2.75) is 70.2 Å². The first kappa shape index (κ1) is 13.1. The third-order valence-corrected chi connectivity index (χ3v) is 4.35. The number of aryl methyl sites for hydroxylation is 1. The molecule has 2 aliphatic rings. The van der Waals surface area contributed by atoms with Crippen LogP contribution in [0.1, 0.15) is 45.4 Å². The molecule has 0 spiro atoms. The fourth-order valence-corrected chi connectivity index (χ4v) is 3.37. The van der Waals surface area contributed by atoms with Gasteiger partial charge in [-0.3, -0.25) is 9.58 Å². The number of nitrogens with zero attached hydrogens (tertiary/aromatic N) is 4. The lowest BCUT2D eigenvalue weighted by Crippen LogP contribution is -2.37. The number of aliphatic hydroxyl groups is 1. The van der Waals surface area contributed by atoms with Crippen LogP contribution in [0.5, 0.6) is 0 Å². The molecule has 5 heteroatoms. The molecule has 2 heterocycles. The molecule has 2 unspecified atom stereocenters. The van der Waals surface area contributed by atoms with Crippen LogP contribution in [0.4, 0.5) is 0 Å². The summed E-state index contributed by atoms with van der Waals surface area (Å²) >= 11 is 0. The Balaban J connectivity index is 1.69. The van der Waals surface area contributed by atoms with Crippen LogP contribution in [0.2, 0.25) is 0 Å². The molecule has 2 fully saturated rings. The van der Waals surface area contributed by atoms with Gasteiger partial charge in [-0.25, -0.2) is 4.98 Å². The average molecular weight is 264 g/mol. The van der Waals surface area contributed by atoms with Crippen LogP contribution >= 0.6 is 0 Å². The molecule has 106 valence electrons. The smallest absolute Gasteiger partial charge is 0.138 e. The Morgan fingerprint density at radius 3 is 2.95 bits per heavy atom. The molecule has 1 aliphatic carbocycles. The van der Waals surface area contributed by atoms with Gasteiger partial charge in [0.25, 0.3) is 0 Å². The van der Waals surface area contributed by atoms with Gasteiger partial charge in [-0.15, -0.1) is 0 Å². The Labute approximate surface area is 114 Å². The van der Waals surface area contributed by atoms with Gasteiger partial charge in [0.2, 0.25) is 0 Å². The maximum atomic E-state index is 10.9. The normalized spacial score (nSPS) is 32.1. The highest BCUT2D eigenvalue weighted by Crippen LogP contribution is 2.38. The molecule has 5 nitrogen and oxygen atoms in total. The number of rotatable bonds is 5. The molecule has 2 atom stereocenters. The van der Waals surface area contributed by atoms with E-state index in [-0.39, 0.29) is 0 Å². The van der Waals surface area contributed by atoms with Gasteiger partial charge in [-0.05, 0) is 32.6 Å². The minimum Gasteiger partial charge on any atom is -0.388 e. The summed E-state index contributed by atoms with van der Waals surface area (Å²) in [6.45, 7) is 6.03. The largest absolute Gasteiger partial charge is 0.388 e. The van der Waals surface area contributed by atoms with Crippen LogP contribution in [-0.2, 0) is 13.0 Å². The molecule has 1 saturated carbocycles. The quantitative estimate of drug-likeness (QED) is 0.869. The first-order chi connectivity index (χ1) is 9.11. The van der Waals surface area contributed by atoms with Crippen LogP contribution in [0.15, 0.2) is 6.33 Å². The Hall–Kier alpha value is -0.940. The van der Waals surface area contributed by atoms with Crippen LogP contribution in [0.25, 0.3) is 0 Å². The summed E-state index contributed by atoms with van der Waals surface area (Å²) in [6, 6.07) is 1.21. The predicted octanol–water partition coefficient (Wildman–Crippen LogP) is 1.22. The minimum absolute atomic E-state index is 0.486.